The van der Waals surface area contributed by atoms with Crippen LogP contribution in [-0.2, 0) is 29.0 Å². The number of alkyl carbamates (subject to hydrolysis) is 1. The van der Waals surface area contributed by atoms with E-state index in [9.17, 15) is 14.7 Å². The third-order valence-electron chi connectivity index (χ3n) is 5.70. The van der Waals surface area contributed by atoms with Crippen LogP contribution in [0.2, 0.25) is 0 Å². The molecule has 0 aliphatic heterocycles. The molecular weight excluding hydrogens is 444 g/mol. The van der Waals surface area contributed by atoms with Crippen molar-refractivity contribution in [1.29, 1.82) is 0 Å². The summed E-state index contributed by atoms with van der Waals surface area (Å²) in [5.41, 5.74) is 1.25. The quantitative estimate of drug-likeness (QED) is 0.342. The predicted octanol–water partition coefficient (Wildman–Crippen LogP) is 4.21. The molecule has 0 aliphatic carbocycles. The number of carboxylic acid groups (broad SMARTS) is 1. The van der Waals surface area contributed by atoms with E-state index in [0.29, 0.717) is 13.2 Å². The number of hydrogen-bond donors (Lipinski definition) is 3. The molecule has 3 aromatic carbocycles. The van der Waals surface area contributed by atoms with Gasteiger partial charge in [-0.05, 0) is 48.8 Å². The van der Waals surface area contributed by atoms with Crippen molar-refractivity contribution in [3.05, 3.63) is 102 Å². The van der Waals surface area contributed by atoms with Gasteiger partial charge in [0, 0.05) is 12.8 Å². The second kappa shape index (κ2) is 13.2. The molecule has 0 saturated heterocycles. The first kappa shape index (κ1) is 25.8. The molecule has 3 N–H and O–H groups in total. The van der Waals surface area contributed by atoms with Gasteiger partial charge in [-0.2, -0.15) is 0 Å². The zero-order valence-electron chi connectivity index (χ0n) is 19.9. The van der Waals surface area contributed by atoms with E-state index in [0.717, 1.165) is 28.9 Å². The number of carbonyl (C=O) groups excluding carboxylic acids is 1. The molecular formula is C28H32N2O5. The number of para-hydroxylation sites is 1. The van der Waals surface area contributed by atoms with E-state index in [1.54, 1.807) is 7.05 Å². The molecule has 7 nitrogen and oxygen atoms in total. The van der Waals surface area contributed by atoms with Crippen molar-refractivity contribution in [2.24, 2.45) is 0 Å². The highest BCUT2D eigenvalue weighted by Crippen LogP contribution is 2.19. The summed E-state index contributed by atoms with van der Waals surface area (Å²) < 4.78 is 11.1. The lowest BCUT2D eigenvalue weighted by molar-refractivity contribution is -0.145. The van der Waals surface area contributed by atoms with Crippen LogP contribution in [-0.4, -0.2) is 42.9 Å². The molecule has 0 fully saturated rings. The molecule has 35 heavy (non-hydrogen) atoms. The summed E-state index contributed by atoms with van der Waals surface area (Å²) >= 11 is 0. The molecule has 0 unspecified atom stereocenters. The monoisotopic (exact) mass is 476 g/mol. The highest BCUT2D eigenvalue weighted by Gasteiger charge is 2.40. The van der Waals surface area contributed by atoms with Crippen molar-refractivity contribution < 1.29 is 24.2 Å². The number of aliphatic carboxylic acids is 1. The average Bonchev–Trinajstić information content (AvgIpc) is 2.88. The van der Waals surface area contributed by atoms with Crippen LogP contribution in [0, 0.1) is 0 Å². The second-order valence-electron chi connectivity index (χ2n) is 8.33. The average molecular weight is 477 g/mol. The van der Waals surface area contributed by atoms with Crippen molar-refractivity contribution >= 4 is 12.1 Å². The zero-order valence-corrected chi connectivity index (χ0v) is 19.9. The molecule has 1 amide bonds. The molecule has 0 spiro atoms. The maximum absolute atomic E-state index is 12.6. The number of carboxylic acids is 1. The maximum Gasteiger partial charge on any atom is 0.408 e. The van der Waals surface area contributed by atoms with Crippen LogP contribution in [0.3, 0.4) is 0 Å². The largest absolute Gasteiger partial charge is 0.493 e. The summed E-state index contributed by atoms with van der Waals surface area (Å²) in [5, 5.41) is 15.6. The van der Waals surface area contributed by atoms with Crippen molar-refractivity contribution in [3.63, 3.8) is 0 Å². The van der Waals surface area contributed by atoms with Gasteiger partial charge in [0.25, 0.3) is 0 Å². The van der Waals surface area contributed by atoms with Crippen LogP contribution in [0.1, 0.15) is 23.1 Å². The maximum atomic E-state index is 12.6. The lowest BCUT2D eigenvalue weighted by Crippen LogP contribution is -2.57. The number of carbonyl (C=O) groups is 2. The van der Waals surface area contributed by atoms with Gasteiger partial charge in [0.2, 0.25) is 0 Å². The van der Waals surface area contributed by atoms with E-state index in [2.05, 4.69) is 10.6 Å². The van der Waals surface area contributed by atoms with Crippen LogP contribution in [0.4, 0.5) is 4.79 Å². The molecule has 3 aromatic rings. The van der Waals surface area contributed by atoms with Crippen LogP contribution >= 0.6 is 0 Å². The molecule has 0 radical (unpaired) electrons. The Morgan fingerprint density at radius 3 is 2.11 bits per heavy atom. The van der Waals surface area contributed by atoms with Gasteiger partial charge in [-0.15, -0.1) is 0 Å². The normalized spacial score (nSPS) is 12.4. The molecule has 0 aromatic heterocycles. The van der Waals surface area contributed by atoms with Crippen molar-refractivity contribution in [2.75, 3.05) is 20.2 Å². The summed E-state index contributed by atoms with van der Waals surface area (Å²) in [6.07, 6.45) is 0.352. The fraction of sp³-hybridized carbons (Fsp3) is 0.286. The van der Waals surface area contributed by atoms with Gasteiger partial charge in [-0.1, -0.05) is 72.8 Å². The fourth-order valence-corrected chi connectivity index (χ4v) is 3.70. The van der Waals surface area contributed by atoms with E-state index in [1.807, 2.05) is 84.9 Å². The SMILES string of the molecule is CNCC[C@](Cc1ccccc1)(NC(=O)OCc1ccc(CCOc2ccccc2)cc1)C(=O)O. The van der Waals surface area contributed by atoms with Gasteiger partial charge in [0.1, 0.15) is 17.9 Å². The Kier molecular flexibility index (Phi) is 9.69. The van der Waals surface area contributed by atoms with Gasteiger partial charge in [0.05, 0.1) is 6.61 Å². The van der Waals surface area contributed by atoms with E-state index in [4.69, 9.17) is 9.47 Å². The Hall–Kier alpha value is -3.84. The van der Waals surface area contributed by atoms with E-state index >= 15 is 0 Å². The minimum atomic E-state index is -1.48. The highest BCUT2D eigenvalue weighted by molar-refractivity contribution is 5.84. The second-order valence-corrected chi connectivity index (χ2v) is 8.33. The Morgan fingerprint density at radius 1 is 0.857 bits per heavy atom. The molecule has 1 atom stereocenters. The van der Waals surface area contributed by atoms with Crippen LogP contribution in [0.5, 0.6) is 5.75 Å². The smallest absolute Gasteiger partial charge is 0.408 e. The molecule has 0 bridgehead atoms. The third-order valence-corrected chi connectivity index (χ3v) is 5.70. The molecule has 184 valence electrons. The minimum Gasteiger partial charge on any atom is -0.493 e. The van der Waals surface area contributed by atoms with E-state index < -0.39 is 17.6 Å². The van der Waals surface area contributed by atoms with Gasteiger partial charge < -0.3 is 25.2 Å². The molecule has 0 aliphatic rings. The lowest BCUT2D eigenvalue weighted by Gasteiger charge is -2.30. The number of benzene rings is 3. The minimum absolute atomic E-state index is 0.0414. The summed E-state index contributed by atoms with van der Waals surface area (Å²) in [6, 6.07) is 26.6. The molecule has 3 rings (SSSR count). The fourth-order valence-electron chi connectivity index (χ4n) is 3.70. The lowest BCUT2D eigenvalue weighted by atomic mass is 9.87. The number of nitrogens with one attached hydrogen (secondary N) is 2. The van der Waals surface area contributed by atoms with Crippen molar-refractivity contribution in [1.82, 2.24) is 10.6 Å². The van der Waals surface area contributed by atoms with E-state index in [-0.39, 0.29) is 19.4 Å². The van der Waals surface area contributed by atoms with Crippen molar-refractivity contribution in [2.45, 2.75) is 31.4 Å². The van der Waals surface area contributed by atoms with Gasteiger partial charge in [0.15, 0.2) is 0 Å². The molecule has 0 saturated carbocycles. The first-order valence-corrected chi connectivity index (χ1v) is 11.6. The standard InChI is InChI=1S/C28H32N2O5/c1-29-18-17-28(26(31)32,20-23-8-4-2-5-9-23)30-27(33)35-21-24-14-12-22(13-15-24)16-19-34-25-10-6-3-7-11-25/h2-15,29H,16-21H2,1H3,(H,30,33)(H,31,32)/t28-/m1/s1. The predicted molar refractivity (Wildman–Crippen MR) is 134 cm³/mol. The van der Waals surface area contributed by atoms with Gasteiger partial charge in [-0.3, -0.25) is 0 Å². The van der Waals surface area contributed by atoms with Crippen LogP contribution < -0.4 is 15.4 Å². The summed E-state index contributed by atoms with van der Waals surface area (Å²) in [6.45, 7) is 1.03. The Morgan fingerprint density at radius 2 is 1.49 bits per heavy atom. The Bertz CT molecular complexity index is 1060. The van der Waals surface area contributed by atoms with Crippen LogP contribution in [0.25, 0.3) is 0 Å². The van der Waals surface area contributed by atoms with Crippen molar-refractivity contribution in [3.8, 4) is 5.75 Å². The third kappa shape index (κ3) is 8.15. The number of ether oxygens (including phenoxy) is 2. The summed E-state index contributed by atoms with van der Waals surface area (Å²) in [7, 11) is 1.74. The topological polar surface area (TPSA) is 96.9 Å². The first-order chi connectivity index (χ1) is 17.0. The van der Waals surface area contributed by atoms with Gasteiger partial charge in [-0.25, -0.2) is 9.59 Å². The Balaban J connectivity index is 1.53. The molecule has 0 heterocycles. The number of amides is 1. The number of rotatable bonds is 13. The summed E-state index contributed by atoms with van der Waals surface area (Å²) in [5.74, 6) is -0.265. The van der Waals surface area contributed by atoms with Gasteiger partial charge >= 0.3 is 12.1 Å². The zero-order chi connectivity index (χ0) is 24.9. The van der Waals surface area contributed by atoms with E-state index in [1.165, 1.54) is 0 Å². The van der Waals surface area contributed by atoms with Crippen LogP contribution in [0.15, 0.2) is 84.9 Å². The Labute approximate surface area is 206 Å². The number of hydrogen-bond acceptors (Lipinski definition) is 5. The summed E-state index contributed by atoms with van der Waals surface area (Å²) in [4.78, 5) is 24.8. The molecule has 7 heteroatoms. The first-order valence-electron chi connectivity index (χ1n) is 11.6. The highest BCUT2D eigenvalue weighted by atomic mass is 16.5.